The molecule has 9 nitrogen and oxygen atoms in total. The van der Waals surface area contributed by atoms with Crippen LogP contribution in [0, 0.1) is 11.6 Å². The van der Waals surface area contributed by atoms with E-state index in [-0.39, 0.29) is 38.9 Å². The number of pyridine rings is 1. The lowest BCUT2D eigenvalue weighted by Gasteiger charge is -2.18. The van der Waals surface area contributed by atoms with E-state index in [1.807, 2.05) is 0 Å². The number of nitrogens with one attached hydrogen (secondary N) is 2. The summed E-state index contributed by atoms with van der Waals surface area (Å²) in [7, 11) is 1.73. The number of carbonyl (C=O) groups excluding carboxylic acids is 2. The summed E-state index contributed by atoms with van der Waals surface area (Å²) in [6, 6.07) is 10.0. The summed E-state index contributed by atoms with van der Waals surface area (Å²) in [5, 5.41) is 20.1. The van der Waals surface area contributed by atoms with E-state index in [9.17, 15) is 23.5 Å². The Morgan fingerprint density at radius 3 is 2.43 bits per heavy atom. The second-order valence-corrected chi connectivity index (χ2v) is 9.88. The smallest absolute Gasteiger partial charge is 0.251 e. The minimum Gasteiger partial charge on any atom is -0.386 e. The Bertz CT molecular complexity index is 1470. The fourth-order valence-corrected chi connectivity index (χ4v) is 4.67. The highest BCUT2D eigenvalue weighted by molar-refractivity contribution is 7.20. The van der Waals surface area contributed by atoms with Gasteiger partial charge in [-0.3, -0.25) is 14.3 Å². The molecule has 0 spiro atoms. The van der Waals surface area contributed by atoms with Gasteiger partial charge in [0.2, 0.25) is 5.91 Å². The van der Waals surface area contributed by atoms with Gasteiger partial charge in [-0.2, -0.15) is 5.10 Å². The molecule has 4 aromatic rings. The molecule has 0 unspecified atom stereocenters. The first-order valence-corrected chi connectivity index (χ1v) is 11.9. The summed E-state index contributed by atoms with van der Waals surface area (Å²) in [6.07, 6.45) is 1.66. The quantitative estimate of drug-likeness (QED) is 0.273. The van der Waals surface area contributed by atoms with Gasteiger partial charge >= 0.3 is 0 Å². The van der Waals surface area contributed by atoms with Crippen LogP contribution in [-0.4, -0.2) is 31.7 Å². The highest BCUT2D eigenvalue weighted by atomic mass is 32.1. The van der Waals surface area contributed by atoms with Crippen molar-refractivity contribution < 1.29 is 23.5 Å². The van der Waals surface area contributed by atoms with Crippen molar-refractivity contribution in [2.45, 2.75) is 25.9 Å². The molecule has 5 N–H and O–H groups in total. The molecular formula is C25H24F2N6O3S. The second kappa shape index (κ2) is 10.1. The van der Waals surface area contributed by atoms with Crippen LogP contribution in [0.5, 0.6) is 0 Å². The number of hydrogen-bond donors (Lipinski definition) is 4. The summed E-state index contributed by atoms with van der Waals surface area (Å²) >= 11 is 0.917. The Kier molecular flexibility index (Phi) is 7.05. The molecule has 0 saturated heterocycles. The number of amides is 2. The average Bonchev–Trinajstić information content (AvgIpc) is 3.38. The average molecular weight is 527 g/mol. The van der Waals surface area contributed by atoms with E-state index in [4.69, 9.17) is 5.73 Å². The fourth-order valence-electron chi connectivity index (χ4n) is 3.55. The molecule has 0 aliphatic rings. The fraction of sp³-hybridized carbons (Fsp3) is 0.200. The first-order valence-electron chi connectivity index (χ1n) is 11.1. The van der Waals surface area contributed by atoms with Gasteiger partial charge in [0.15, 0.2) is 5.82 Å². The van der Waals surface area contributed by atoms with Crippen molar-refractivity contribution >= 4 is 39.8 Å². The van der Waals surface area contributed by atoms with Crippen LogP contribution in [0.1, 0.15) is 35.5 Å². The van der Waals surface area contributed by atoms with Crippen LogP contribution in [0.3, 0.4) is 0 Å². The van der Waals surface area contributed by atoms with E-state index in [0.29, 0.717) is 17.3 Å². The highest BCUT2D eigenvalue weighted by Crippen LogP contribution is 2.40. The standard InChI is InChI=1S/C25H24F2N6O3S/c1-25(2,36)13-9-16(26)22(17(27)10-13)18-12-15(23(28)35)24(37-18)31-19-6-4-5-14(29-19)11-21(34)30-20-7-8-33(3)32-20/h4-10,12,36H,11H2,1-3H3,(H2,28,35)(H,29,31)(H,30,32,34). The summed E-state index contributed by atoms with van der Waals surface area (Å²) in [5.74, 6) is -2.18. The van der Waals surface area contributed by atoms with Crippen molar-refractivity contribution in [3.8, 4) is 10.4 Å². The predicted octanol–water partition coefficient (Wildman–Crippen LogP) is 4.07. The van der Waals surface area contributed by atoms with E-state index in [2.05, 4.69) is 20.7 Å². The Morgan fingerprint density at radius 2 is 1.84 bits per heavy atom. The number of nitrogens with two attached hydrogens (primary N) is 1. The molecule has 37 heavy (non-hydrogen) atoms. The number of benzene rings is 1. The molecule has 0 fully saturated rings. The number of aliphatic hydroxyl groups is 1. The zero-order valence-corrected chi connectivity index (χ0v) is 21.0. The molecule has 0 aliphatic carbocycles. The molecular weight excluding hydrogens is 502 g/mol. The van der Waals surface area contributed by atoms with Crippen LogP contribution >= 0.6 is 11.3 Å². The van der Waals surface area contributed by atoms with Gasteiger partial charge in [-0.15, -0.1) is 11.3 Å². The van der Waals surface area contributed by atoms with E-state index in [1.165, 1.54) is 19.9 Å². The van der Waals surface area contributed by atoms with E-state index >= 15 is 0 Å². The molecule has 12 heteroatoms. The maximum Gasteiger partial charge on any atom is 0.251 e. The van der Waals surface area contributed by atoms with Crippen molar-refractivity contribution in [3.63, 3.8) is 0 Å². The molecule has 0 aliphatic heterocycles. The Balaban J connectivity index is 1.59. The number of primary amides is 1. The van der Waals surface area contributed by atoms with Gasteiger partial charge in [-0.25, -0.2) is 13.8 Å². The number of rotatable bonds is 8. The zero-order valence-electron chi connectivity index (χ0n) is 20.2. The predicted molar refractivity (Wildman–Crippen MR) is 136 cm³/mol. The van der Waals surface area contributed by atoms with Crippen LogP contribution in [0.25, 0.3) is 10.4 Å². The van der Waals surface area contributed by atoms with Crippen molar-refractivity contribution in [3.05, 3.63) is 77.1 Å². The third-order valence-corrected chi connectivity index (χ3v) is 6.43. The molecule has 3 heterocycles. The number of hydrogen-bond acceptors (Lipinski definition) is 7. The first-order chi connectivity index (χ1) is 17.4. The van der Waals surface area contributed by atoms with Gasteiger partial charge in [0, 0.05) is 24.2 Å². The van der Waals surface area contributed by atoms with Crippen molar-refractivity contribution in [1.82, 2.24) is 14.8 Å². The number of anilines is 3. The van der Waals surface area contributed by atoms with E-state index in [0.717, 1.165) is 23.5 Å². The van der Waals surface area contributed by atoms with Gasteiger partial charge < -0.3 is 21.5 Å². The number of aryl methyl sites for hydroxylation is 1. The number of thiophene rings is 1. The van der Waals surface area contributed by atoms with Crippen molar-refractivity contribution in [2.24, 2.45) is 12.8 Å². The zero-order chi connectivity index (χ0) is 26.9. The van der Waals surface area contributed by atoms with Gasteiger partial charge in [0.1, 0.15) is 22.5 Å². The van der Waals surface area contributed by atoms with Crippen LogP contribution < -0.4 is 16.4 Å². The van der Waals surface area contributed by atoms with Crippen LogP contribution in [0.4, 0.5) is 25.4 Å². The monoisotopic (exact) mass is 526 g/mol. The summed E-state index contributed by atoms with van der Waals surface area (Å²) in [4.78, 5) is 29.0. The Labute approximate surface area is 215 Å². The lowest BCUT2D eigenvalue weighted by molar-refractivity contribution is -0.115. The number of carbonyl (C=O) groups is 2. The molecule has 0 radical (unpaired) electrons. The minimum absolute atomic E-state index is 0.0189. The largest absolute Gasteiger partial charge is 0.386 e. The summed E-state index contributed by atoms with van der Waals surface area (Å²) in [5.41, 5.74) is 4.26. The van der Waals surface area contributed by atoms with Crippen LogP contribution in [-0.2, 0) is 23.9 Å². The topological polar surface area (TPSA) is 135 Å². The highest BCUT2D eigenvalue weighted by Gasteiger charge is 2.24. The molecule has 0 bridgehead atoms. The maximum absolute atomic E-state index is 14.9. The van der Waals surface area contributed by atoms with Crippen LogP contribution in [0.2, 0.25) is 0 Å². The molecule has 1 aromatic carbocycles. The lowest BCUT2D eigenvalue weighted by atomic mass is 9.96. The number of nitrogens with zero attached hydrogens (tertiary/aromatic N) is 3. The normalized spacial score (nSPS) is 11.4. The molecule has 192 valence electrons. The number of halogens is 2. The van der Waals surface area contributed by atoms with Crippen molar-refractivity contribution in [1.29, 1.82) is 0 Å². The van der Waals surface area contributed by atoms with Gasteiger partial charge in [-0.1, -0.05) is 6.07 Å². The van der Waals surface area contributed by atoms with Crippen LogP contribution in [0.15, 0.2) is 48.7 Å². The molecule has 0 atom stereocenters. The third kappa shape index (κ3) is 5.98. The SMILES string of the molecule is Cn1ccc(NC(=O)Cc2cccc(Nc3sc(-c4c(F)cc(C(C)(C)O)cc4F)cc3C(N)=O)n2)n1. The lowest BCUT2D eigenvalue weighted by Crippen LogP contribution is -2.16. The molecule has 0 saturated carbocycles. The Hall–Kier alpha value is -4.16. The summed E-state index contributed by atoms with van der Waals surface area (Å²) < 4.78 is 31.3. The summed E-state index contributed by atoms with van der Waals surface area (Å²) in [6.45, 7) is 2.84. The Morgan fingerprint density at radius 1 is 1.14 bits per heavy atom. The third-order valence-electron chi connectivity index (χ3n) is 5.36. The maximum atomic E-state index is 14.9. The van der Waals surface area contributed by atoms with E-state index in [1.54, 1.807) is 42.2 Å². The van der Waals surface area contributed by atoms with E-state index < -0.39 is 23.1 Å². The molecule has 4 rings (SSSR count). The van der Waals surface area contributed by atoms with Gasteiger partial charge in [-0.05, 0) is 49.7 Å². The molecule has 2 amide bonds. The first kappa shape index (κ1) is 25.9. The van der Waals surface area contributed by atoms with Gasteiger partial charge in [0.25, 0.3) is 5.91 Å². The molecule has 3 aromatic heterocycles. The second-order valence-electron chi connectivity index (χ2n) is 8.83. The number of aromatic nitrogens is 3. The minimum atomic E-state index is -1.44. The van der Waals surface area contributed by atoms with Gasteiger partial charge in [0.05, 0.1) is 28.8 Å². The van der Waals surface area contributed by atoms with Crippen molar-refractivity contribution in [2.75, 3.05) is 10.6 Å².